The van der Waals surface area contributed by atoms with Gasteiger partial charge in [-0.05, 0) is 19.4 Å². The summed E-state index contributed by atoms with van der Waals surface area (Å²) in [6.07, 6.45) is 1.84. The van der Waals surface area contributed by atoms with E-state index in [1.54, 1.807) is 0 Å². The highest BCUT2D eigenvalue weighted by Gasteiger charge is 2.39. The molecule has 2 aliphatic heterocycles. The fourth-order valence-corrected chi connectivity index (χ4v) is 4.52. The normalized spacial score (nSPS) is 31.3. The minimum absolute atomic E-state index is 0.00846. The molecule has 0 spiro atoms. The van der Waals surface area contributed by atoms with Gasteiger partial charge in [0, 0.05) is 36.1 Å². The third-order valence-corrected chi connectivity index (χ3v) is 5.65. The van der Waals surface area contributed by atoms with Crippen LogP contribution in [0.1, 0.15) is 25.5 Å². The third kappa shape index (κ3) is 3.20. The van der Waals surface area contributed by atoms with Gasteiger partial charge in [-0.1, -0.05) is 36.4 Å². The standard InChI is InChI=1S/C16H22N2O2S/c1-16(2)12-18(14-8-9-21(19,20)11-14)15(10-17-16)13-6-4-3-5-7-13/h3-9,14-15,17H,10-12H2,1-2H3. The van der Waals surface area contributed by atoms with Gasteiger partial charge in [-0.15, -0.1) is 0 Å². The molecule has 1 fully saturated rings. The van der Waals surface area contributed by atoms with Crippen molar-refractivity contribution in [2.75, 3.05) is 18.8 Å². The number of sulfone groups is 1. The van der Waals surface area contributed by atoms with E-state index in [1.807, 2.05) is 24.3 Å². The van der Waals surface area contributed by atoms with Crippen LogP contribution in [0.4, 0.5) is 0 Å². The van der Waals surface area contributed by atoms with Gasteiger partial charge in [0.25, 0.3) is 0 Å². The van der Waals surface area contributed by atoms with Gasteiger partial charge in [0.05, 0.1) is 5.75 Å². The van der Waals surface area contributed by atoms with Crippen LogP contribution in [-0.2, 0) is 9.84 Å². The minimum Gasteiger partial charge on any atom is -0.309 e. The predicted octanol–water partition coefficient (Wildman–Crippen LogP) is 1.72. The molecule has 114 valence electrons. The number of rotatable bonds is 2. The molecule has 1 N–H and O–H groups in total. The van der Waals surface area contributed by atoms with E-state index < -0.39 is 9.84 Å². The van der Waals surface area contributed by atoms with E-state index in [2.05, 4.69) is 36.2 Å². The van der Waals surface area contributed by atoms with E-state index >= 15 is 0 Å². The zero-order chi connectivity index (χ0) is 15.1. The van der Waals surface area contributed by atoms with Crippen molar-refractivity contribution in [2.45, 2.75) is 31.5 Å². The molecule has 0 aliphatic carbocycles. The van der Waals surface area contributed by atoms with Crippen molar-refractivity contribution in [3.63, 3.8) is 0 Å². The van der Waals surface area contributed by atoms with Gasteiger partial charge >= 0.3 is 0 Å². The topological polar surface area (TPSA) is 49.4 Å². The highest BCUT2D eigenvalue weighted by Crippen LogP contribution is 2.31. The molecule has 3 rings (SSSR count). The van der Waals surface area contributed by atoms with Crippen LogP contribution in [0.25, 0.3) is 0 Å². The number of hydrogen-bond donors (Lipinski definition) is 1. The Bertz CT molecular complexity index is 638. The summed E-state index contributed by atoms with van der Waals surface area (Å²) in [5.41, 5.74) is 1.23. The molecule has 0 bridgehead atoms. The van der Waals surface area contributed by atoms with E-state index in [1.165, 1.54) is 11.0 Å². The number of nitrogens with zero attached hydrogens (tertiary/aromatic N) is 1. The Hall–Kier alpha value is -1.17. The first kappa shape index (κ1) is 14.8. The van der Waals surface area contributed by atoms with Crippen LogP contribution in [0.2, 0.25) is 0 Å². The zero-order valence-corrected chi connectivity index (χ0v) is 13.3. The first-order valence-electron chi connectivity index (χ1n) is 7.33. The lowest BCUT2D eigenvalue weighted by molar-refractivity contribution is 0.0783. The quantitative estimate of drug-likeness (QED) is 0.904. The van der Waals surface area contributed by atoms with E-state index in [4.69, 9.17) is 0 Å². The number of hydrogen-bond acceptors (Lipinski definition) is 4. The molecule has 1 aromatic carbocycles. The summed E-state index contributed by atoms with van der Waals surface area (Å²) < 4.78 is 23.5. The first-order valence-corrected chi connectivity index (χ1v) is 9.05. The van der Waals surface area contributed by atoms with E-state index in [-0.39, 0.29) is 23.4 Å². The second-order valence-corrected chi connectivity index (χ2v) is 8.52. The molecule has 2 atom stereocenters. The smallest absolute Gasteiger partial charge is 0.173 e. The van der Waals surface area contributed by atoms with Crippen LogP contribution in [-0.4, -0.2) is 43.7 Å². The molecular weight excluding hydrogens is 284 g/mol. The van der Waals surface area contributed by atoms with Crippen LogP contribution >= 0.6 is 0 Å². The van der Waals surface area contributed by atoms with Gasteiger partial charge in [0.15, 0.2) is 9.84 Å². The third-order valence-electron chi connectivity index (χ3n) is 4.27. The van der Waals surface area contributed by atoms with Gasteiger partial charge in [-0.25, -0.2) is 8.42 Å². The average Bonchev–Trinajstić information content (AvgIpc) is 2.79. The van der Waals surface area contributed by atoms with Crippen LogP contribution in [0.5, 0.6) is 0 Å². The zero-order valence-electron chi connectivity index (χ0n) is 12.5. The SMILES string of the molecule is CC1(C)CN(C2C=CS(=O)(=O)C2)C(c2ccccc2)CN1. The molecule has 2 aliphatic rings. The maximum atomic E-state index is 11.8. The minimum atomic E-state index is -3.03. The van der Waals surface area contributed by atoms with Gasteiger partial charge in [0.2, 0.25) is 0 Å². The van der Waals surface area contributed by atoms with Crippen LogP contribution in [0.15, 0.2) is 41.8 Å². The average molecular weight is 306 g/mol. The molecule has 2 heterocycles. The molecule has 0 amide bonds. The second kappa shape index (κ2) is 5.23. The van der Waals surface area contributed by atoms with Crippen molar-refractivity contribution < 1.29 is 8.42 Å². The van der Waals surface area contributed by atoms with Crippen molar-refractivity contribution in [1.82, 2.24) is 10.2 Å². The molecule has 4 nitrogen and oxygen atoms in total. The highest BCUT2D eigenvalue weighted by atomic mass is 32.2. The van der Waals surface area contributed by atoms with E-state index in [0.717, 1.165) is 13.1 Å². The summed E-state index contributed by atoms with van der Waals surface area (Å²) in [6, 6.07) is 10.5. The molecule has 1 aromatic rings. The molecule has 5 heteroatoms. The fraction of sp³-hybridized carbons (Fsp3) is 0.500. The van der Waals surface area contributed by atoms with Crippen molar-refractivity contribution in [3.05, 3.63) is 47.4 Å². The summed E-state index contributed by atoms with van der Waals surface area (Å²) in [4.78, 5) is 2.33. The Morgan fingerprint density at radius 2 is 1.95 bits per heavy atom. The van der Waals surface area contributed by atoms with Crippen LogP contribution in [0.3, 0.4) is 0 Å². The predicted molar refractivity (Wildman–Crippen MR) is 84.7 cm³/mol. The molecule has 21 heavy (non-hydrogen) atoms. The van der Waals surface area contributed by atoms with Gasteiger partial charge in [-0.3, -0.25) is 4.90 Å². The monoisotopic (exact) mass is 306 g/mol. The Morgan fingerprint density at radius 3 is 2.57 bits per heavy atom. The van der Waals surface area contributed by atoms with E-state index in [9.17, 15) is 8.42 Å². The highest BCUT2D eigenvalue weighted by molar-refractivity contribution is 7.94. The Labute approximate surface area is 126 Å². The maximum Gasteiger partial charge on any atom is 0.173 e. The lowest BCUT2D eigenvalue weighted by atomic mass is 9.93. The molecule has 0 saturated carbocycles. The summed E-state index contributed by atoms with van der Waals surface area (Å²) in [5.74, 6) is 0.201. The van der Waals surface area contributed by atoms with E-state index in [0.29, 0.717) is 0 Å². The Kier molecular flexibility index (Phi) is 3.67. The van der Waals surface area contributed by atoms with Crippen molar-refractivity contribution >= 4 is 9.84 Å². The molecule has 0 aromatic heterocycles. The number of benzene rings is 1. The van der Waals surface area contributed by atoms with Crippen molar-refractivity contribution in [2.24, 2.45) is 0 Å². The Balaban J connectivity index is 1.90. The van der Waals surface area contributed by atoms with Gasteiger partial charge in [-0.2, -0.15) is 0 Å². The lowest BCUT2D eigenvalue weighted by Crippen LogP contribution is -2.60. The molecule has 1 saturated heterocycles. The summed E-state index contributed by atoms with van der Waals surface area (Å²) in [6.45, 7) is 5.99. The fourth-order valence-electron chi connectivity index (χ4n) is 3.21. The van der Waals surface area contributed by atoms with Gasteiger partial charge < -0.3 is 5.32 Å². The van der Waals surface area contributed by atoms with Gasteiger partial charge in [0.1, 0.15) is 0 Å². The number of nitrogens with one attached hydrogen (secondary N) is 1. The van der Waals surface area contributed by atoms with Crippen molar-refractivity contribution in [3.8, 4) is 0 Å². The summed E-state index contributed by atoms with van der Waals surface area (Å²) >= 11 is 0. The second-order valence-electron chi connectivity index (χ2n) is 6.59. The molecule has 0 radical (unpaired) electrons. The van der Waals surface area contributed by atoms with Crippen LogP contribution < -0.4 is 5.32 Å². The molecule has 2 unspecified atom stereocenters. The molecular formula is C16H22N2O2S. The van der Waals surface area contributed by atoms with Crippen LogP contribution in [0, 0.1) is 0 Å². The lowest BCUT2D eigenvalue weighted by Gasteiger charge is -2.47. The number of piperazine rings is 1. The Morgan fingerprint density at radius 1 is 1.24 bits per heavy atom. The first-order chi connectivity index (χ1) is 9.86. The summed E-state index contributed by atoms with van der Waals surface area (Å²) in [7, 11) is -3.03. The van der Waals surface area contributed by atoms with Crippen molar-refractivity contribution in [1.29, 1.82) is 0 Å². The largest absolute Gasteiger partial charge is 0.309 e. The maximum absolute atomic E-state index is 11.8. The summed E-state index contributed by atoms with van der Waals surface area (Å²) in [5, 5.41) is 4.94.